The standard InChI is InChI=1S/C15H23N5OS/c1-2-3-22-8-11-6-20(7-12(11)21)5-10-4-17-14-13(10)18-9-19-15(14)16/h4,9,11-12,17,21H,2-3,5-8H2,1H3,(H2,16,18,19)/t11-,12?/m1/s1. The van der Waals surface area contributed by atoms with Gasteiger partial charge >= 0.3 is 0 Å². The molecule has 22 heavy (non-hydrogen) atoms. The summed E-state index contributed by atoms with van der Waals surface area (Å²) in [5.74, 6) is 3.05. The van der Waals surface area contributed by atoms with Gasteiger partial charge in [0.25, 0.3) is 0 Å². The lowest BCUT2D eigenvalue weighted by atomic mass is 10.1. The van der Waals surface area contributed by atoms with Crippen LogP contribution in [0.2, 0.25) is 0 Å². The van der Waals surface area contributed by atoms with Crippen LogP contribution < -0.4 is 5.73 Å². The first-order valence-electron chi connectivity index (χ1n) is 7.73. The van der Waals surface area contributed by atoms with Crippen LogP contribution in [0.3, 0.4) is 0 Å². The molecule has 0 amide bonds. The molecule has 0 radical (unpaired) electrons. The summed E-state index contributed by atoms with van der Waals surface area (Å²) in [7, 11) is 0. The van der Waals surface area contributed by atoms with Crippen LogP contribution in [0.5, 0.6) is 0 Å². The van der Waals surface area contributed by atoms with Crippen molar-refractivity contribution in [3.05, 3.63) is 18.1 Å². The number of likely N-dealkylation sites (tertiary alicyclic amines) is 1. The Labute approximate surface area is 134 Å². The molecule has 1 aliphatic heterocycles. The molecule has 0 aliphatic carbocycles. The molecule has 1 fully saturated rings. The predicted octanol–water partition coefficient (Wildman–Crippen LogP) is 1.48. The van der Waals surface area contributed by atoms with E-state index in [1.54, 1.807) is 0 Å². The Bertz CT molecular complexity index is 631. The lowest BCUT2D eigenvalue weighted by molar-refractivity contribution is 0.149. The van der Waals surface area contributed by atoms with Gasteiger partial charge in [-0.25, -0.2) is 9.97 Å². The highest BCUT2D eigenvalue weighted by atomic mass is 32.2. The van der Waals surface area contributed by atoms with Gasteiger partial charge in [-0.2, -0.15) is 11.8 Å². The lowest BCUT2D eigenvalue weighted by Gasteiger charge is -2.14. The third kappa shape index (κ3) is 3.21. The van der Waals surface area contributed by atoms with Crippen molar-refractivity contribution in [3.63, 3.8) is 0 Å². The average Bonchev–Trinajstić information content (AvgIpc) is 3.05. The van der Waals surface area contributed by atoms with E-state index < -0.39 is 0 Å². The molecule has 1 unspecified atom stereocenters. The van der Waals surface area contributed by atoms with E-state index in [2.05, 4.69) is 26.8 Å². The van der Waals surface area contributed by atoms with E-state index in [0.717, 1.165) is 42.0 Å². The molecule has 3 rings (SSSR count). The maximum Gasteiger partial charge on any atom is 0.151 e. The summed E-state index contributed by atoms with van der Waals surface area (Å²) < 4.78 is 0. The highest BCUT2D eigenvalue weighted by Gasteiger charge is 2.31. The molecule has 0 bridgehead atoms. The number of nitrogens with two attached hydrogens (primary N) is 1. The van der Waals surface area contributed by atoms with E-state index in [9.17, 15) is 5.11 Å². The highest BCUT2D eigenvalue weighted by Crippen LogP contribution is 2.26. The summed E-state index contributed by atoms with van der Waals surface area (Å²) in [5, 5.41) is 10.2. The zero-order valence-electron chi connectivity index (χ0n) is 12.8. The number of aromatic amines is 1. The number of aliphatic hydroxyl groups excluding tert-OH is 1. The maximum atomic E-state index is 10.2. The van der Waals surface area contributed by atoms with Gasteiger partial charge in [0.05, 0.1) is 11.6 Å². The lowest BCUT2D eigenvalue weighted by Crippen LogP contribution is -2.21. The normalized spacial score (nSPS) is 22.6. The Morgan fingerprint density at radius 1 is 1.45 bits per heavy atom. The number of anilines is 1. The minimum absolute atomic E-state index is 0.228. The summed E-state index contributed by atoms with van der Waals surface area (Å²) in [4.78, 5) is 13.8. The first-order chi connectivity index (χ1) is 10.7. The molecule has 0 aromatic carbocycles. The number of hydrogen-bond donors (Lipinski definition) is 3. The summed E-state index contributed by atoms with van der Waals surface area (Å²) >= 11 is 1.94. The zero-order valence-corrected chi connectivity index (χ0v) is 13.6. The molecular weight excluding hydrogens is 298 g/mol. The van der Waals surface area contributed by atoms with E-state index in [0.29, 0.717) is 11.7 Å². The third-order valence-electron chi connectivity index (χ3n) is 4.13. The summed E-state index contributed by atoms with van der Waals surface area (Å²) in [6.45, 7) is 4.63. The molecule has 2 aromatic rings. The smallest absolute Gasteiger partial charge is 0.151 e. The summed E-state index contributed by atoms with van der Waals surface area (Å²) in [6.07, 6.45) is 4.40. The van der Waals surface area contributed by atoms with Crippen LogP contribution in [0.25, 0.3) is 11.0 Å². The van der Waals surface area contributed by atoms with E-state index in [1.807, 2.05) is 18.0 Å². The fourth-order valence-corrected chi connectivity index (χ4v) is 4.07. The van der Waals surface area contributed by atoms with Crippen LogP contribution in [0, 0.1) is 5.92 Å². The van der Waals surface area contributed by atoms with E-state index >= 15 is 0 Å². The summed E-state index contributed by atoms with van der Waals surface area (Å²) in [5.41, 5.74) is 8.64. The number of H-pyrrole nitrogens is 1. The van der Waals surface area contributed by atoms with Crippen LogP contribution in [0.4, 0.5) is 5.82 Å². The maximum absolute atomic E-state index is 10.2. The van der Waals surface area contributed by atoms with E-state index in [-0.39, 0.29) is 6.10 Å². The Kier molecular flexibility index (Phi) is 4.85. The van der Waals surface area contributed by atoms with Gasteiger partial charge in [0, 0.05) is 37.3 Å². The molecule has 6 nitrogen and oxygen atoms in total. The molecule has 2 aromatic heterocycles. The van der Waals surface area contributed by atoms with Crippen molar-refractivity contribution in [1.82, 2.24) is 19.9 Å². The molecule has 7 heteroatoms. The number of rotatable bonds is 6. The number of nitrogens with one attached hydrogen (secondary N) is 1. The molecule has 1 aliphatic rings. The second kappa shape index (κ2) is 6.85. The number of nitrogen functional groups attached to an aromatic ring is 1. The number of fused-ring (bicyclic) bond motifs is 1. The van der Waals surface area contributed by atoms with E-state index in [1.165, 1.54) is 18.5 Å². The van der Waals surface area contributed by atoms with Crippen molar-refractivity contribution < 1.29 is 5.11 Å². The van der Waals surface area contributed by atoms with Gasteiger partial charge in [-0.1, -0.05) is 6.92 Å². The molecule has 120 valence electrons. The molecule has 4 N–H and O–H groups in total. The fraction of sp³-hybridized carbons (Fsp3) is 0.600. The quantitative estimate of drug-likeness (QED) is 0.698. The van der Waals surface area contributed by atoms with E-state index in [4.69, 9.17) is 5.73 Å². The Hall–Kier alpha value is -1.31. The second-order valence-corrected chi connectivity index (χ2v) is 7.04. The fourth-order valence-electron chi connectivity index (χ4n) is 2.99. The molecule has 0 saturated carbocycles. The Morgan fingerprint density at radius 2 is 2.32 bits per heavy atom. The molecule has 1 saturated heterocycles. The van der Waals surface area contributed by atoms with Crippen molar-refractivity contribution in [2.75, 3.05) is 30.3 Å². The van der Waals surface area contributed by atoms with Gasteiger partial charge in [-0.15, -0.1) is 0 Å². The van der Waals surface area contributed by atoms with Crippen molar-refractivity contribution >= 4 is 28.6 Å². The van der Waals surface area contributed by atoms with Crippen LogP contribution in [0.1, 0.15) is 18.9 Å². The van der Waals surface area contributed by atoms with Gasteiger partial charge in [-0.3, -0.25) is 4.90 Å². The molecule has 2 atom stereocenters. The predicted molar refractivity (Wildman–Crippen MR) is 90.7 cm³/mol. The summed E-state index contributed by atoms with van der Waals surface area (Å²) in [6, 6.07) is 0. The van der Waals surface area contributed by atoms with Crippen LogP contribution in [-0.2, 0) is 6.54 Å². The Balaban J connectivity index is 1.65. The van der Waals surface area contributed by atoms with Gasteiger partial charge in [0.2, 0.25) is 0 Å². The van der Waals surface area contributed by atoms with Crippen molar-refractivity contribution in [2.24, 2.45) is 5.92 Å². The minimum Gasteiger partial charge on any atom is -0.391 e. The topological polar surface area (TPSA) is 91.1 Å². The van der Waals surface area contributed by atoms with Crippen LogP contribution in [0.15, 0.2) is 12.5 Å². The SMILES string of the molecule is CCCSC[C@H]1CN(Cc2c[nH]c3c(N)ncnc23)CC1O. The number of aromatic nitrogens is 3. The van der Waals surface area contributed by atoms with Gasteiger partial charge in [0.15, 0.2) is 5.82 Å². The van der Waals surface area contributed by atoms with Gasteiger partial charge < -0.3 is 15.8 Å². The highest BCUT2D eigenvalue weighted by molar-refractivity contribution is 7.99. The monoisotopic (exact) mass is 321 g/mol. The number of thioether (sulfide) groups is 1. The number of nitrogens with zero attached hydrogens (tertiary/aromatic N) is 3. The number of hydrogen-bond acceptors (Lipinski definition) is 6. The zero-order chi connectivity index (χ0) is 15.5. The minimum atomic E-state index is -0.228. The van der Waals surface area contributed by atoms with Crippen LogP contribution >= 0.6 is 11.8 Å². The number of β-amino-alcohol motifs (C(OH)–C–C–N with tert-alkyl or cyclic N) is 1. The van der Waals surface area contributed by atoms with Gasteiger partial charge in [-0.05, 0) is 17.9 Å². The second-order valence-electron chi connectivity index (χ2n) is 5.89. The first-order valence-corrected chi connectivity index (χ1v) is 8.89. The largest absolute Gasteiger partial charge is 0.391 e. The van der Waals surface area contributed by atoms with Crippen LogP contribution in [-0.4, -0.2) is 55.7 Å². The molecular formula is C15H23N5OS. The first kappa shape index (κ1) is 15.6. The molecule has 3 heterocycles. The van der Waals surface area contributed by atoms with Gasteiger partial charge in [0.1, 0.15) is 11.8 Å². The Morgan fingerprint density at radius 3 is 3.14 bits per heavy atom. The number of aliphatic hydroxyl groups is 1. The van der Waals surface area contributed by atoms with Crippen molar-refractivity contribution in [1.29, 1.82) is 0 Å². The molecule has 0 spiro atoms. The van der Waals surface area contributed by atoms with Crippen molar-refractivity contribution in [3.8, 4) is 0 Å². The average molecular weight is 321 g/mol. The third-order valence-corrected chi connectivity index (χ3v) is 5.49. The van der Waals surface area contributed by atoms with Crippen molar-refractivity contribution in [2.45, 2.75) is 26.0 Å².